The van der Waals surface area contributed by atoms with Crippen molar-refractivity contribution in [2.45, 2.75) is 52.4 Å². The number of benzene rings is 1. The third kappa shape index (κ3) is 3.14. The molecule has 1 heteroatoms. The van der Waals surface area contributed by atoms with Crippen molar-refractivity contribution in [3.05, 3.63) is 35.4 Å². The molecule has 0 radical (unpaired) electrons. The van der Waals surface area contributed by atoms with Gasteiger partial charge in [0.1, 0.15) is 0 Å². The molecule has 1 fully saturated rings. The molecule has 2 N–H and O–H groups in total. The van der Waals surface area contributed by atoms with Crippen molar-refractivity contribution in [3.63, 3.8) is 0 Å². The summed E-state index contributed by atoms with van der Waals surface area (Å²) in [5, 5.41) is 0. The van der Waals surface area contributed by atoms with E-state index in [4.69, 9.17) is 5.73 Å². The molecule has 1 aromatic carbocycles. The fourth-order valence-electron chi connectivity index (χ4n) is 3.60. The summed E-state index contributed by atoms with van der Waals surface area (Å²) >= 11 is 0. The second kappa shape index (κ2) is 5.88. The maximum atomic E-state index is 6.14. The Balaban J connectivity index is 2.12. The summed E-state index contributed by atoms with van der Waals surface area (Å²) < 4.78 is 0. The van der Waals surface area contributed by atoms with Crippen molar-refractivity contribution in [1.29, 1.82) is 0 Å². The summed E-state index contributed by atoms with van der Waals surface area (Å²) in [5.41, 5.74) is 9.34. The van der Waals surface area contributed by atoms with E-state index >= 15 is 0 Å². The van der Waals surface area contributed by atoms with Gasteiger partial charge in [0, 0.05) is 0 Å². The number of nitrogens with two attached hydrogens (primary N) is 1. The van der Waals surface area contributed by atoms with Crippen molar-refractivity contribution in [2.24, 2.45) is 17.1 Å². The minimum atomic E-state index is 0.368. The smallest absolute Gasteiger partial charge is 0.00172 e. The largest absolute Gasteiger partial charge is 0.330 e. The summed E-state index contributed by atoms with van der Waals surface area (Å²) in [4.78, 5) is 0. The van der Waals surface area contributed by atoms with Crippen LogP contribution in [0.4, 0.5) is 0 Å². The van der Waals surface area contributed by atoms with Crippen molar-refractivity contribution in [3.8, 4) is 0 Å². The fraction of sp³-hybridized carbons (Fsp3) is 0.647. The average molecular weight is 245 g/mol. The highest BCUT2D eigenvalue weighted by molar-refractivity contribution is 5.23. The normalized spacial score (nSPS) is 28.3. The van der Waals surface area contributed by atoms with Crippen LogP contribution >= 0.6 is 0 Å². The Labute approximate surface area is 112 Å². The molecule has 0 heterocycles. The molecule has 0 spiro atoms. The van der Waals surface area contributed by atoms with E-state index in [1.807, 2.05) is 0 Å². The lowest BCUT2D eigenvalue weighted by atomic mass is 9.66. The summed E-state index contributed by atoms with van der Waals surface area (Å²) in [6.07, 6.45) is 7.90. The van der Waals surface area contributed by atoms with Crippen LogP contribution < -0.4 is 5.73 Å². The van der Waals surface area contributed by atoms with Gasteiger partial charge in [0.2, 0.25) is 0 Å². The average Bonchev–Trinajstić information content (AvgIpc) is 2.39. The van der Waals surface area contributed by atoms with Crippen molar-refractivity contribution >= 4 is 0 Å². The monoisotopic (exact) mass is 245 g/mol. The van der Waals surface area contributed by atoms with E-state index in [-0.39, 0.29) is 0 Å². The van der Waals surface area contributed by atoms with E-state index in [2.05, 4.69) is 38.1 Å². The molecule has 0 bridgehead atoms. The Morgan fingerprint density at radius 1 is 1.39 bits per heavy atom. The van der Waals surface area contributed by atoms with Crippen molar-refractivity contribution in [1.82, 2.24) is 0 Å². The Hall–Kier alpha value is -0.820. The van der Waals surface area contributed by atoms with Crippen LogP contribution in [0.2, 0.25) is 0 Å². The molecule has 1 aromatic rings. The van der Waals surface area contributed by atoms with Crippen LogP contribution in [0.15, 0.2) is 24.3 Å². The molecule has 2 rings (SSSR count). The number of hydrogen-bond donors (Lipinski definition) is 1. The van der Waals surface area contributed by atoms with Gasteiger partial charge in [-0.05, 0) is 49.6 Å². The van der Waals surface area contributed by atoms with Gasteiger partial charge >= 0.3 is 0 Å². The Bertz CT molecular complexity index is 385. The van der Waals surface area contributed by atoms with Crippen molar-refractivity contribution < 1.29 is 0 Å². The van der Waals surface area contributed by atoms with Gasteiger partial charge in [-0.15, -0.1) is 0 Å². The van der Waals surface area contributed by atoms with Gasteiger partial charge in [-0.1, -0.05) is 56.0 Å². The number of aryl methyl sites for hydroxylation is 1. The Morgan fingerprint density at radius 3 is 2.89 bits per heavy atom. The zero-order chi connectivity index (χ0) is 13.0. The first-order chi connectivity index (χ1) is 8.67. The first-order valence-electron chi connectivity index (χ1n) is 7.43. The van der Waals surface area contributed by atoms with Gasteiger partial charge in [0.15, 0.2) is 0 Å². The van der Waals surface area contributed by atoms with Crippen LogP contribution in [0.3, 0.4) is 0 Å². The van der Waals surface area contributed by atoms with Crippen LogP contribution in [0, 0.1) is 18.3 Å². The lowest BCUT2D eigenvalue weighted by Gasteiger charge is -2.40. The molecule has 0 saturated heterocycles. The van der Waals surface area contributed by atoms with Gasteiger partial charge in [0.05, 0.1) is 0 Å². The SMILES string of the molecule is CCC1CCCC(CN)(Cc2cccc(C)c2)C1. The molecular weight excluding hydrogens is 218 g/mol. The van der Waals surface area contributed by atoms with E-state index in [1.54, 1.807) is 0 Å². The second-order valence-corrected chi connectivity index (χ2v) is 6.24. The molecule has 1 saturated carbocycles. The van der Waals surface area contributed by atoms with Gasteiger partial charge < -0.3 is 5.73 Å². The van der Waals surface area contributed by atoms with Crippen LogP contribution in [0.5, 0.6) is 0 Å². The van der Waals surface area contributed by atoms with E-state index in [9.17, 15) is 0 Å². The molecule has 0 amide bonds. The number of hydrogen-bond acceptors (Lipinski definition) is 1. The summed E-state index contributed by atoms with van der Waals surface area (Å²) in [6.45, 7) is 5.34. The van der Waals surface area contributed by atoms with Gasteiger partial charge in [0.25, 0.3) is 0 Å². The van der Waals surface area contributed by atoms with Gasteiger partial charge in [-0.3, -0.25) is 0 Å². The highest BCUT2D eigenvalue weighted by atomic mass is 14.6. The fourth-order valence-corrected chi connectivity index (χ4v) is 3.60. The maximum Gasteiger partial charge on any atom is -0.00172 e. The molecule has 2 atom stereocenters. The molecule has 1 aliphatic rings. The molecule has 1 nitrogen and oxygen atoms in total. The zero-order valence-electron chi connectivity index (χ0n) is 11.9. The van der Waals surface area contributed by atoms with Gasteiger partial charge in [-0.2, -0.15) is 0 Å². The predicted octanol–water partition coefficient (Wildman–Crippen LogP) is 4.08. The van der Waals surface area contributed by atoms with Crippen molar-refractivity contribution in [2.75, 3.05) is 6.54 Å². The van der Waals surface area contributed by atoms with Crippen LogP contribution in [-0.4, -0.2) is 6.54 Å². The standard InChI is InChI=1S/C17H27N/c1-3-15-8-5-9-17(11-15,13-18)12-16-7-4-6-14(2)10-16/h4,6-7,10,15H,3,5,8-9,11-13,18H2,1-2H3. The molecule has 2 unspecified atom stereocenters. The van der Waals surface area contributed by atoms with Crippen LogP contribution in [-0.2, 0) is 6.42 Å². The summed E-state index contributed by atoms with van der Waals surface area (Å²) in [6, 6.07) is 8.94. The molecule has 1 aliphatic carbocycles. The second-order valence-electron chi connectivity index (χ2n) is 6.24. The third-order valence-corrected chi connectivity index (χ3v) is 4.71. The minimum absolute atomic E-state index is 0.368. The first-order valence-corrected chi connectivity index (χ1v) is 7.43. The quantitative estimate of drug-likeness (QED) is 0.849. The minimum Gasteiger partial charge on any atom is -0.330 e. The topological polar surface area (TPSA) is 26.0 Å². The molecule has 100 valence electrons. The third-order valence-electron chi connectivity index (χ3n) is 4.71. The van der Waals surface area contributed by atoms with Crippen LogP contribution in [0.25, 0.3) is 0 Å². The molecule has 18 heavy (non-hydrogen) atoms. The summed E-state index contributed by atoms with van der Waals surface area (Å²) in [7, 11) is 0. The van der Waals surface area contributed by atoms with E-state index in [0.717, 1.165) is 12.5 Å². The number of rotatable bonds is 4. The zero-order valence-corrected chi connectivity index (χ0v) is 11.9. The Morgan fingerprint density at radius 2 is 2.22 bits per heavy atom. The lowest BCUT2D eigenvalue weighted by Crippen LogP contribution is -2.37. The van der Waals surface area contributed by atoms with E-state index < -0.39 is 0 Å². The van der Waals surface area contributed by atoms with Gasteiger partial charge in [-0.25, -0.2) is 0 Å². The lowest BCUT2D eigenvalue weighted by molar-refractivity contribution is 0.142. The summed E-state index contributed by atoms with van der Waals surface area (Å²) in [5.74, 6) is 0.895. The van der Waals surface area contributed by atoms with E-state index in [0.29, 0.717) is 5.41 Å². The molecular formula is C17H27N. The Kier molecular flexibility index (Phi) is 4.45. The highest BCUT2D eigenvalue weighted by Gasteiger charge is 2.34. The predicted molar refractivity (Wildman–Crippen MR) is 78.6 cm³/mol. The first kappa shape index (κ1) is 13.6. The van der Waals surface area contributed by atoms with E-state index in [1.165, 1.54) is 49.7 Å². The van der Waals surface area contributed by atoms with Crippen LogP contribution in [0.1, 0.15) is 50.2 Å². The highest BCUT2D eigenvalue weighted by Crippen LogP contribution is 2.42. The molecule has 0 aromatic heterocycles. The maximum absolute atomic E-state index is 6.14. The molecule has 0 aliphatic heterocycles.